The molecule has 0 aliphatic rings. The van der Waals surface area contributed by atoms with Crippen molar-refractivity contribution >= 4 is 10.1 Å². The highest BCUT2D eigenvalue weighted by Gasteiger charge is 2.29. The van der Waals surface area contributed by atoms with Crippen LogP contribution in [0.2, 0.25) is 0 Å². The second-order valence-corrected chi connectivity index (χ2v) is 5.54. The molecule has 1 aromatic rings. The van der Waals surface area contributed by atoms with Gasteiger partial charge in [0.25, 0.3) is 10.1 Å². The first-order valence-corrected chi connectivity index (χ1v) is 6.03. The molecule has 0 saturated heterocycles. The van der Waals surface area contributed by atoms with Crippen LogP contribution in [0.15, 0.2) is 24.3 Å². The minimum atomic E-state index is -4.11. The molecule has 0 radical (unpaired) electrons. The van der Waals surface area contributed by atoms with Crippen LogP contribution in [-0.4, -0.2) is 18.7 Å². The van der Waals surface area contributed by atoms with Crippen LogP contribution in [0.25, 0.3) is 0 Å². The molecule has 0 amide bonds. The predicted octanol–water partition coefficient (Wildman–Crippen LogP) is 1.99. The lowest BCUT2D eigenvalue weighted by Gasteiger charge is -2.23. The SMILES string of the molecule is CC(C)(CS(=O)(=O)O)c1ccccc1F. The van der Waals surface area contributed by atoms with Crippen LogP contribution < -0.4 is 0 Å². The normalized spacial score (nSPS) is 12.8. The van der Waals surface area contributed by atoms with E-state index in [0.29, 0.717) is 0 Å². The first-order valence-electron chi connectivity index (χ1n) is 4.42. The van der Waals surface area contributed by atoms with Gasteiger partial charge in [0, 0.05) is 5.41 Å². The molecule has 0 aliphatic heterocycles. The van der Waals surface area contributed by atoms with Crippen molar-refractivity contribution in [2.75, 3.05) is 5.75 Å². The quantitative estimate of drug-likeness (QED) is 0.811. The Kier molecular flexibility index (Phi) is 3.16. The monoisotopic (exact) mass is 232 g/mol. The van der Waals surface area contributed by atoms with Gasteiger partial charge in [-0.05, 0) is 11.6 Å². The summed E-state index contributed by atoms with van der Waals surface area (Å²) in [4.78, 5) is 0. The molecule has 0 aromatic heterocycles. The maximum absolute atomic E-state index is 13.4. The summed E-state index contributed by atoms with van der Waals surface area (Å²) in [6.07, 6.45) is 0. The van der Waals surface area contributed by atoms with Crippen LogP contribution in [-0.2, 0) is 15.5 Å². The molecule has 0 fully saturated rings. The summed E-state index contributed by atoms with van der Waals surface area (Å²) in [5.74, 6) is -0.966. The summed E-state index contributed by atoms with van der Waals surface area (Å²) in [5, 5.41) is 0. The Morgan fingerprint density at radius 1 is 1.33 bits per heavy atom. The Labute approximate surface area is 88.7 Å². The van der Waals surface area contributed by atoms with Crippen molar-refractivity contribution in [2.45, 2.75) is 19.3 Å². The topological polar surface area (TPSA) is 54.4 Å². The van der Waals surface area contributed by atoms with Gasteiger partial charge in [-0.25, -0.2) is 4.39 Å². The molecular formula is C10H13FO3S. The van der Waals surface area contributed by atoms with Crippen LogP contribution >= 0.6 is 0 Å². The average molecular weight is 232 g/mol. The second kappa shape index (κ2) is 3.90. The van der Waals surface area contributed by atoms with Gasteiger partial charge in [-0.15, -0.1) is 0 Å². The Morgan fingerprint density at radius 2 is 1.87 bits per heavy atom. The minimum Gasteiger partial charge on any atom is -0.286 e. The molecule has 5 heteroatoms. The Morgan fingerprint density at radius 3 is 2.33 bits per heavy atom. The number of benzene rings is 1. The van der Waals surface area contributed by atoms with E-state index in [4.69, 9.17) is 4.55 Å². The molecule has 0 unspecified atom stereocenters. The smallest absolute Gasteiger partial charge is 0.265 e. The lowest BCUT2D eigenvalue weighted by molar-refractivity contribution is 0.453. The third-order valence-electron chi connectivity index (χ3n) is 2.15. The molecule has 0 bridgehead atoms. The standard InChI is InChI=1S/C10H13FO3S/c1-10(2,7-15(12,13)14)8-5-3-4-6-9(8)11/h3-6H,7H2,1-2H3,(H,12,13,14). The van der Waals surface area contributed by atoms with Gasteiger partial charge >= 0.3 is 0 Å². The molecule has 1 rings (SSSR count). The largest absolute Gasteiger partial charge is 0.286 e. The highest BCUT2D eigenvalue weighted by atomic mass is 32.2. The van der Waals surface area contributed by atoms with Gasteiger partial charge in [0.05, 0.1) is 5.75 Å². The van der Waals surface area contributed by atoms with Crippen LogP contribution in [0.5, 0.6) is 0 Å². The Balaban J connectivity index is 3.12. The van der Waals surface area contributed by atoms with Crippen molar-refractivity contribution in [3.63, 3.8) is 0 Å². The zero-order valence-electron chi connectivity index (χ0n) is 8.57. The van der Waals surface area contributed by atoms with Crippen LogP contribution in [0.4, 0.5) is 4.39 Å². The summed E-state index contributed by atoms with van der Waals surface area (Å²) < 4.78 is 43.7. The molecule has 15 heavy (non-hydrogen) atoms. The average Bonchev–Trinajstić information content (AvgIpc) is 1.99. The second-order valence-electron chi connectivity index (χ2n) is 4.09. The highest BCUT2D eigenvalue weighted by Crippen LogP contribution is 2.26. The van der Waals surface area contributed by atoms with Crippen molar-refractivity contribution in [1.29, 1.82) is 0 Å². The fourth-order valence-electron chi connectivity index (χ4n) is 1.54. The van der Waals surface area contributed by atoms with E-state index in [1.807, 2.05) is 0 Å². The molecule has 1 aromatic carbocycles. The van der Waals surface area contributed by atoms with E-state index in [1.165, 1.54) is 18.2 Å². The van der Waals surface area contributed by atoms with Crippen LogP contribution in [0, 0.1) is 5.82 Å². The van der Waals surface area contributed by atoms with Gasteiger partial charge in [0.1, 0.15) is 5.82 Å². The van der Waals surface area contributed by atoms with Crippen LogP contribution in [0.1, 0.15) is 19.4 Å². The van der Waals surface area contributed by atoms with Crippen molar-refractivity contribution in [2.24, 2.45) is 0 Å². The fourth-order valence-corrected chi connectivity index (χ4v) is 2.61. The molecule has 1 N–H and O–H groups in total. The maximum Gasteiger partial charge on any atom is 0.265 e. The van der Waals surface area contributed by atoms with Gasteiger partial charge in [0.2, 0.25) is 0 Å². The van der Waals surface area contributed by atoms with Crippen molar-refractivity contribution in [3.8, 4) is 0 Å². The molecule has 0 spiro atoms. The third kappa shape index (κ3) is 3.28. The zero-order chi connectivity index (χ0) is 11.7. The van der Waals surface area contributed by atoms with Gasteiger partial charge < -0.3 is 0 Å². The number of halogens is 1. The predicted molar refractivity (Wildman–Crippen MR) is 55.8 cm³/mol. The highest BCUT2D eigenvalue weighted by molar-refractivity contribution is 7.85. The fraction of sp³-hybridized carbons (Fsp3) is 0.400. The first kappa shape index (κ1) is 12.1. The van der Waals surface area contributed by atoms with Crippen molar-refractivity contribution in [3.05, 3.63) is 35.6 Å². The van der Waals surface area contributed by atoms with Crippen molar-refractivity contribution in [1.82, 2.24) is 0 Å². The van der Waals surface area contributed by atoms with Gasteiger partial charge in [-0.3, -0.25) is 4.55 Å². The number of rotatable bonds is 3. The van der Waals surface area contributed by atoms with E-state index in [9.17, 15) is 12.8 Å². The molecule has 84 valence electrons. The minimum absolute atomic E-state index is 0.280. The van der Waals surface area contributed by atoms with Gasteiger partial charge in [-0.1, -0.05) is 32.0 Å². The zero-order valence-corrected chi connectivity index (χ0v) is 9.38. The third-order valence-corrected chi connectivity index (χ3v) is 3.23. The lowest BCUT2D eigenvalue weighted by Crippen LogP contribution is -2.28. The summed E-state index contributed by atoms with van der Waals surface area (Å²) in [6.45, 7) is 3.14. The molecule has 3 nitrogen and oxygen atoms in total. The van der Waals surface area contributed by atoms with E-state index in [1.54, 1.807) is 19.9 Å². The van der Waals surface area contributed by atoms with E-state index in [0.717, 1.165) is 0 Å². The van der Waals surface area contributed by atoms with E-state index in [-0.39, 0.29) is 5.56 Å². The maximum atomic E-state index is 13.4. The van der Waals surface area contributed by atoms with E-state index in [2.05, 4.69) is 0 Å². The van der Waals surface area contributed by atoms with Crippen molar-refractivity contribution < 1.29 is 17.4 Å². The van der Waals surface area contributed by atoms with Crippen LogP contribution in [0.3, 0.4) is 0 Å². The van der Waals surface area contributed by atoms with E-state index < -0.39 is 27.1 Å². The summed E-state index contributed by atoms with van der Waals surface area (Å²) in [7, 11) is -4.11. The summed E-state index contributed by atoms with van der Waals surface area (Å²) in [5.41, 5.74) is -0.665. The lowest BCUT2D eigenvalue weighted by atomic mass is 9.86. The number of hydrogen-bond donors (Lipinski definition) is 1. The van der Waals surface area contributed by atoms with Gasteiger partial charge in [-0.2, -0.15) is 8.42 Å². The Hall–Kier alpha value is -0.940. The van der Waals surface area contributed by atoms with E-state index >= 15 is 0 Å². The summed E-state index contributed by atoms with van der Waals surface area (Å²) in [6, 6.07) is 5.94. The molecule has 0 heterocycles. The molecule has 0 aliphatic carbocycles. The molecular weight excluding hydrogens is 219 g/mol. The molecule has 0 atom stereocenters. The van der Waals surface area contributed by atoms with Gasteiger partial charge in [0.15, 0.2) is 0 Å². The molecule has 0 saturated carbocycles. The number of hydrogen-bond acceptors (Lipinski definition) is 2. The summed E-state index contributed by atoms with van der Waals surface area (Å²) >= 11 is 0. The first-order chi connectivity index (χ1) is 6.72. The Bertz CT molecular complexity index is 451.